The monoisotopic (exact) mass is 174 g/mol. The van der Waals surface area contributed by atoms with Crippen molar-refractivity contribution in [1.82, 2.24) is 10.5 Å². The average Bonchev–Trinajstić information content (AvgIpc) is 2.21. The average molecular weight is 174 g/mol. The first-order chi connectivity index (χ1) is 6.45. The first-order valence-corrected chi connectivity index (χ1v) is 4.08. The summed E-state index contributed by atoms with van der Waals surface area (Å²) in [5, 5.41) is 9.19. The van der Waals surface area contributed by atoms with Crippen molar-refractivity contribution >= 4 is 0 Å². The maximum atomic E-state index is 3.67. The molecule has 1 aliphatic heterocycles. The minimum atomic E-state index is 0.788. The van der Waals surface area contributed by atoms with Crippen molar-refractivity contribution in [3.8, 4) is 0 Å². The zero-order valence-electron chi connectivity index (χ0n) is 7.09. The van der Waals surface area contributed by atoms with E-state index in [0.717, 1.165) is 6.54 Å². The quantitative estimate of drug-likeness (QED) is 0.743. The molecule has 1 heterocycles. The van der Waals surface area contributed by atoms with Gasteiger partial charge in [-0.25, -0.2) is 0 Å². The van der Waals surface area contributed by atoms with Crippen molar-refractivity contribution in [2.24, 2.45) is 10.3 Å². The lowest BCUT2D eigenvalue weighted by Crippen LogP contribution is -2.29. The Bertz CT molecular complexity index is 318. The van der Waals surface area contributed by atoms with E-state index in [0.29, 0.717) is 0 Å². The normalized spacial score (nSPS) is 14.3. The fraction of sp³-hybridized carbons (Fsp3) is 0.111. The maximum Gasteiger partial charge on any atom is 0.0692 e. The van der Waals surface area contributed by atoms with E-state index in [1.165, 1.54) is 5.56 Å². The van der Waals surface area contributed by atoms with Gasteiger partial charge in [0.1, 0.15) is 0 Å². The largest absolute Gasteiger partial charge is 0.272 e. The summed E-state index contributed by atoms with van der Waals surface area (Å²) in [7, 11) is 0. The molecule has 0 saturated heterocycles. The number of nitrogens with zero attached hydrogens (tertiary/aromatic N) is 3. The molecule has 0 saturated carbocycles. The lowest BCUT2D eigenvalue weighted by Gasteiger charge is -2.19. The summed E-state index contributed by atoms with van der Waals surface area (Å²) in [6, 6.07) is 10.2. The molecule has 13 heavy (non-hydrogen) atoms. The van der Waals surface area contributed by atoms with Gasteiger partial charge in [-0.1, -0.05) is 35.6 Å². The highest BCUT2D eigenvalue weighted by Crippen LogP contribution is 2.04. The van der Waals surface area contributed by atoms with Gasteiger partial charge in [0.25, 0.3) is 0 Å². The lowest BCUT2D eigenvalue weighted by molar-refractivity contribution is 0.250. The van der Waals surface area contributed by atoms with Gasteiger partial charge >= 0.3 is 0 Å². The minimum absolute atomic E-state index is 0.788. The fourth-order valence-corrected chi connectivity index (χ4v) is 1.13. The summed E-state index contributed by atoms with van der Waals surface area (Å²) in [6.07, 6.45) is 3.50. The summed E-state index contributed by atoms with van der Waals surface area (Å²) < 4.78 is 0. The predicted molar refractivity (Wildman–Crippen MR) is 49.1 cm³/mol. The molecular weight excluding hydrogens is 164 g/mol. The fourth-order valence-electron chi connectivity index (χ4n) is 1.13. The molecule has 4 nitrogen and oxygen atoms in total. The number of hydrazine groups is 1. The van der Waals surface area contributed by atoms with Crippen LogP contribution in [0.2, 0.25) is 0 Å². The summed E-state index contributed by atoms with van der Waals surface area (Å²) in [5.74, 6) is 0. The SMILES string of the molecule is C1=CN(Cc2ccccc2)NN=N1. The first kappa shape index (κ1) is 7.79. The van der Waals surface area contributed by atoms with Crippen LogP contribution in [0.1, 0.15) is 5.56 Å². The predicted octanol–water partition coefficient (Wildman–Crippen LogP) is 1.85. The molecule has 66 valence electrons. The van der Waals surface area contributed by atoms with Crippen LogP contribution in [-0.2, 0) is 6.54 Å². The van der Waals surface area contributed by atoms with Gasteiger partial charge in [0.15, 0.2) is 0 Å². The molecule has 1 aromatic rings. The Morgan fingerprint density at radius 3 is 2.77 bits per heavy atom. The highest BCUT2D eigenvalue weighted by Gasteiger charge is 2.00. The van der Waals surface area contributed by atoms with Crippen LogP contribution in [0, 0.1) is 0 Å². The molecule has 0 fully saturated rings. The minimum Gasteiger partial charge on any atom is -0.272 e. The second-order valence-electron chi connectivity index (χ2n) is 2.73. The van der Waals surface area contributed by atoms with Gasteiger partial charge in [-0.3, -0.25) is 5.01 Å². The molecule has 0 aromatic heterocycles. The second-order valence-corrected chi connectivity index (χ2v) is 2.73. The molecule has 1 N–H and O–H groups in total. The van der Waals surface area contributed by atoms with Crippen molar-refractivity contribution in [2.75, 3.05) is 0 Å². The molecule has 1 aliphatic rings. The molecule has 0 amide bonds. The summed E-state index contributed by atoms with van der Waals surface area (Å²) in [6.45, 7) is 0.788. The maximum absolute atomic E-state index is 3.67. The highest BCUT2D eigenvalue weighted by molar-refractivity contribution is 5.14. The number of hydrogen-bond acceptors (Lipinski definition) is 4. The Morgan fingerprint density at radius 1 is 1.23 bits per heavy atom. The third kappa shape index (κ3) is 2.05. The van der Waals surface area contributed by atoms with Crippen molar-refractivity contribution in [1.29, 1.82) is 0 Å². The van der Waals surface area contributed by atoms with E-state index in [2.05, 4.69) is 28.0 Å². The number of nitrogens with one attached hydrogen (secondary N) is 1. The van der Waals surface area contributed by atoms with Crippen LogP contribution in [0.25, 0.3) is 0 Å². The Morgan fingerprint density at radius 2 is 2.08 bits per heavy atom. The van der Waals surface area contributed by atoms with E-state index < -0.39 is 0 Å². The zero-order valence-corrected chi connectivity index (χ0v) is 7.09. The lowest BCUT2D eigenvalue weighted by atomic mass is 10.2. The molecule has 0 atom stereocenters. The summed E-state index contributed by atoms with van der Waals surface area (Å²) in [5.41, 5.74) is 4.01. The molecule has 0 spiro atoms. The number of benzene rings is 1. The zero-order chi connectivity index (χ0) is 8.93. The molecule has 0 bridgehead atoms. The Balaban J connectivity index is 1.99. The Hall–Kier alpha value is -1.84. The second kappa shape index (κ2) is 3.71. The van der Waals surface area contributed by atoms with Crippen molar-refractivity contribution in [2.45, 2.75) is 6.54 Å². The van der Waals surface area contributed by atoms with Gasteiger partial charge in [-0.15, -0.1) is 5.11 Å². The summed E-state index contributed by atoms with van der Waals surface area (Å²) in [4.78, 5) is 0. The molecule has 4 heteroatoms. The van der Waals surface area contributed by atoms with Gasteiger partial charge in [-0.2, -0.15) is 5.53 Å². The van der Waals surface area contributed by atoms with Gasteiger partial charge in [0, 0.05) is 6.20 Å². The molecular formula is C9H10N4. The van der Waals surface area contributed by atoms with Crippen molar-refractivity contribution < 1.29 is 0 Å². The van der Waals surface area contributed by atoms with E-state index in [1.54, 1.807) is 6.20 Å². The van der Waals surface area contributed by atoms with Crippen LogP contribution in [0.4, 0.5) is 0 Å². The highest BCUT2D eigenvalue weighted by atomic mass is 15.7. The van der Waals surface area contributed by atoms with Crippen LogP contribution >= 0.6 is 0 Å². The van der Waals surface area contributed by atoms with Gasteiger partial charge in [0.05, 0.1) is 12.7 Å². The summed E-state index contributed by atoms with van der Waals surface area (Å²) >= 11 is 0. The van der Waals surface area contributed by atoms with E-state index in [4.69, 9.17) is 0 Å². The van der Waals surface area contributed by atoms with Crippen LogP contribution in [0.15, 0.2) is 53.1 Å². The van der Waals surface area contributed by atoms with E-state index in [9.17, 15) is 0 Å². The molecule has 1 aromatic carbocycles. The van der Waals surface area contributed by atoms with Crippen LogP contribution in [-0.4, -0.2) is 5.01 Å². The van der Waals surface area contributed by atoms with Crippen molar-refractivity contribution in [3.05, 3.63) is 48.3 Å². The van der Waals surface area contributed by atoms with E-state index in [1.807, 2.05) is 29.4 Å². The molecule has 0 unspecified atom stereocenters. The third-order valence-corrected chi connectivity index (χ3v) is 1.74. The van der Waals surface area contributed by atoms with Crippen LogP contribution in [0.5, 0.6) is 0 Å². The molecule has 0 radical (unpaired) electrons. The number of hydrogen-bond donors (Lipinski definition) is 1. The third-order valence-electron chi connectivity index (χ3n) is 1.74. The van der Waals surface area contributed by atoms with E-state index >= 15 is 0 Å². The van der Waals surface area contributed by atoms with Gasteiger partial charge in [0.2, 0.25) is 0 Å². The van der Waals surface area contributed by atoms with Crippen LogP contribution in [0.3, 0.4) is 0 Å². The van der Waals surface area contributed by atoms with Gasteiger partial charge in [-0.05, 0) is 5.56 Å². The van der Waals surface area contributed by atoms with Crippen molar-refractivity contribution in [3.63, 3.8) is 0 Å². The topological polar surface area (TPSA) is 40.0 Å². The number of rotatable bonds is 2. The Labute approximate surface area is 76.5 Å². The first-order valence-electron chi connectivity index (χ1n) is 4.08. The standard InChI is InChI=1S/C9H10N4/c1-2-4-9(5-3-1)8-13-7-6-10-11-12-13/h1-7H,8H2,(H,10,12). The van der Waals surface area contributed by atoms with E-state index in [-0.39, 0.29) is 0 Å². The smallest absolute Gasteiger partial charge is 0.0692 e. The van der Waals surface area contributed by atoms with Crippen LogP contribution < -0.4 is 5.53 Å². The Kier molecular flexibility index (Phi) is 2.22. The molecule has 0 aliphatic carbocycles. The van der Waals surface area contributed by atoms with Gasteiger partial charge < -0.3 is 0 Å². The molecule has 2 rings (SSSR count).